The number of benzene rings is 2. The smallest absolute Gasteiger partial charge is 0.276 e. The number of amides is 1. The van der Waals surface area contributed by atoms with E-state index in [4.69, 9.17) is 27.9 Å². The van der Waals surface area contributed by atoms with Gasteiger partial charge in [-0.2, -0.15) is 0 Å². The summed E-state index contributed by atoms with van der Waals surface area (Å²) in [7, 11) is 1.51. The number of nitrogens with one attached hydrogen (secondary N) is 1. The second-order valence-electron chi connectivity index (χ2n) is 5.86. The number of aryl methyl sites for hydroxylation is 1. The van der Waals surface area contributed by atoms with Crippen LogP contribution >= 0.6 is 35.0 Å². The first-order valence-electron chi connectivity index (χ1n) is 8.32. The highest BCUT2D eigenvalue weighted by Crippen LogP contribution is 2.29. The maximum absolute atomic E-state index is 12.7. The third kappa shape index (κ3) is 4.95. The van der Waals surface area contributed by atoms with Gasteiger partial charge in [0.15, 0.2) is 10.9 Å². The Morgan fingerprint density at radius 1 is 1.21 bits per heavy atom. The lowest BCUT2D eigenvalue weighted by molar-refractivity contribution is 0.102. The van der Waals surface area contributed by atoms with E-state index in [0.29, 0.717) is 27.4 Å². The minimum Gasteiger partial charge on any atom is -0.495 e. The molecule has 5 nitrogen and oxygen atoms in total. The molecule has 1 heterocycles. The Hall–Kier alpha value is -2.28. The van der Waals surface area contributed by atoms with Crippen molar-refractivity contribution in [2.45, 2.75) is 17.8 Å². The summed E-state index contributed by atoms with van der Waals surface area (Å²) in [6, 6.07) is 13.0. The Bertz CT molecular complexity index is 1010. The Balaban J connectivity index is 1.78. The van der Waals surface area contributed by atoms with Gasteiger partial charge in [-0.15, -0.1) is 0 Å². The van der Waals surface area contributed by atoms with Crippen LogP contribution in [0.2, 0.25) is 10.0 Å². The number of aromatic nitrogens is 2. The summed E-state index contributed by atoms with van der Waals surface area (Å²) in [5.41, 5.74) is 2.89. The molecule has 0 aliphatic heterocycles. The number of methoxy groups -OCH3 is 1. The van der Waals surface area contributed by atoms with Gasteiger partial charge in [-0.3, -0.25) is 4.79 Å². The van der Waals surface area contributed by atoms with Gasteiger partial charge in [0.25, 0.3) is 5.91 Å². The molecule has 0 saturated heterocycles. The van der Waals surface area contributed by atoms with Crippen molar-refractivity contribution in [3.8, 4) is 5.75 Å². The number of ether oxygens (including phenoxy) is 1. The highest BCUT2D eigenvalue weighted by atomic mass is 35.5. The lowest BCUT2D eigenvalue weighted by Gasteiger charge is -2.11. The summed E-state index contributed by atoms with van der Waals surface area (Å²) < 4.78 is 5.25. The van der Waals surface area contributed by atoms with Crippen LogP contribution in [-0.4, -0.2) is 23.0 Å². The van der Waals surface area contributed by atoms with E-state index in [0.717, 1.165) is 0 Å². The summed E-state index contributed by atoms with van der Waals surface area (Å²) in [6.45, 7) is 2.05. The quantitative estimate of drug-likeness (QED) is 0.402. The molecule has 0 bridgehead atoms. The Morgan fingerprint density at radius 2 is 2.00 bits per heavy atom. The molecule has 144 valence electrons. The molecule has 2 aromatic carbocycles. The van der Waals surface area contributed by atoms with Crippen LogP contribution in [0.4, 0.5) is 5.69 Å². The molecular weight excluding hydrogens is 417 g/mol. The molecule has 0 saturated carbocycles. The van der Waals surface area contributed by atoms with E-state index in [1.165, 1.54) is 36.2 Å². The number of rotatable bonds is 6. The molecule has 0 atom stereocenters. The zero-order valence-electron chi connectivity index (χ0n) is 15.2. The molecule has 0 spiro atoms. The third-order valence-electron chi connectivity index (χ3n) is 3.96. The topological polar surface area (TPSA) is 64.1 Å². The van der Waals surface area contributed by atoms with Gasteiger partial charge in [-0.25, -0.2) is 9.97 Å². The van der Waals surface area contributed by atoms with E-state index in [9.17, 15) is 4.79 Å². The van der Waals surface area contributed by atoms with E-state index in [-0.39, 0.29) is 10.7 Å². The van der Waals surface area contributed by atoms with Crippen molar-refractivity contribution in [1.29, 1.82) is 0 Å². The van der Waals surface area contributed by atoms with Crippen molar-refractivity contribution in [2.75, 3.05) is 12.4 Å². The molecule has 0 aliphatic carbocycles. The van der Waals surface area contributed by atoms with Crippen LogP contribution in [0.25, 0.3) is 0 Å². The maximum atomic E-state index is 12.7. The van der Waals surface area contributed by atoms with Crippen LogP contribution in [-0.2, 0) is 5.75 Å². The van der Waals surface area contributed by atoms with Gasteiger partial charge >= 0.3 is 0 Å². The van der Waals surface area contributed by atoms with Crippen molar-refractivity contribution in [3.05, 3.63) is 75.5 Å². The maximum Gasteiger partial charge on any atom is 0.276 e. The van der Waals surface area contributed by atoms with Crippen molar-refractivity contribution < 1.29 is 9.53 Å². The van der Waals surface area contributed by atoms with E-state index in [2.05, 4.69) is 34.3 Å². The average Bonchev–Trinajstić information content (AvgIpc) is 2.68. The third-order valence-corrected chi connectivity index (χ3v) is 5.39. The second kappa shape index (κ2) is 9.28. The standard InChI is InChI=1S/C20H17Cl2N3O2S/c1-12-5-3-4-6-13(12)11-28-20-23-10-15(22)18(25-20)19(26)24-16-9-14(21)7-8-17(16)27-2/h3-10H,11H2,1-2H3,(H,24,26). The van der Waals surface area contributed by atoms with Crippen LogP contribution in [0.5, 0.6) is 5.75 Å². The van der Waals surface area contributed by atoms with Gasteiger partial charge in [0.2, 0.25) is 0 Å². The fourth-order valence-electron chi connectivity index (χ4n) is 2.45. The predicted octanol–water partition coefficient (Wildman–Crippen LogP) is 5.65. The number of hydrogen-bond donors (Lipinski definition) is 1. The number of nitrogens with zero attached hydrogens (tertiary/aromatic N) is 2. The van der Waals surface area contributed by atoms with Crippen LogP contribution in [0, 0.1) is 6.92 Å². The molecular formula is C20H17Cl2N3O2S. The number of hydrogen-bond acceptors (Lipinski definition) is 5. The van der Waals surface area contributed by atoms with E-state index in [1.54, 1.807) is 18.2 Å². The number of carbonyl (C=O) groups is 1. The zero-order chi connectivity index (χ0) is 20.1. The number of carbonyl (C=O) groups excluding carboxylic acids is 1. The fraction of sp³-hybridized carbons (Fsp3) is 0.150. The predicted molar refractivity (Wildman–Crippen MR) is 114 cm³/mol. The highest BCUT2D eigenvalue weighted by Gasteiger charge is 2.17. The molecule has 0 aliphatic rings. The van der Waals surface area contributed by atoms with Crippen LogP contribution in [0.15, 0.2) is 53.8 Å². The van der Waals surface area contributed by atoms with Gasteiger partial charge in [-0.05, 0) is 36.2 Å². The van der Waals surface area contributed by atoms with E-state index in [1.807, 2.05) is 12.1 Å². The molecule has 0 radical (unpaired) electrons. The minimum absolute atomic E-state index is 0.0889. The Labute approximate surface area is 177 Å². The number of anilines is 1. The van der Waals surface area contributed by atoms with Crippen LogP contribution < -0.4 is 10.1 Å². The molecule has 0 unspecified atom stereocenters. The van der Waals surface area contributed by atoms with Gasteiger partial charge < -0.3 is 10.1 Å². The summed E-state index contributed by atoms with van der Waals surface area (Å²) in [5.74, 6) is 0.708. The summed E-state index contributed by atoms with van der Waals surface area (Å²) in [5, 5.41) is 3.84. The highest BCUT2D eigenvalue weighted by molar-refractivity contribution is 7.98. The largest absolute Gasteiger partial charge is 0.495 e. The lowest BCUT2D eigenvalue weighted by atomic mass is 10.1. The monoisotopic (exact) mass is 433 g/mol. The number of thioether (sulfide) groups is 1. The first-order chi connectivity index (χ1) is 13.5. The van der Waals surface area contributed by atoms with Crippen LogP contribution in [0.3, 0.4) is 0 Å². The van der Waals surface area contributed by atoms with Crippen molar-refractivity contribution >= 4 is 46.6 Å². The molecule has 1 amide bonds. The first kappa shape index (κ1) is 20.5. The molecule has 1 aromatic heterocycles. The van der Waals surface area contributed by atoms with Gasteiger partial charge in [0, 0.05) is 10.8 Å². The first-order valence-corrected chi connectivity index (χ1v) is 10.1. The van der Waals surface area contributed by atoms with Crippen molar-refractivity contribution in [3.63, 3.8) is 0 Å². The van der Waals surface area contributed by atoms with Crippen molar-refractivity contribution in [1.82, 2.24) is 9.97 Å². The number of halogens is 2. The Kier molecular flexibility index (Phi) is 6.78. The van der Waals surface area contributed by atoms with Gasteiger partial charge in [-0.1, -0.05) is 59.2 Å². The van der Waals surface area contributed by atoms with Gasteiger partial charge in [0.1, 0.15) is 5.75 Å². The zero-order valence-corrected chi connectivity index (χ0v) is 17.5. The van der Waals surface area contributed by atoms with Crippen molar-refractivity contribution in [2.24, 2.45) is 0 Å². The molecule has 3 aromatic rings. The summed E-state index contributed by atoms with van der Waals surface area (Å²) in [4.78, 5) is 21.2. The summed E-state index contributed by atoms with van der Waals surface area (Å²) >= 11 is 13.6. The molecule has 1 N–H and O–H groups in total. The van der Waals surface area contributed by atoms with E-state index >= 15 is 0 Å². The Morgan fingerprint density at radius 3 is 2.75 bits per heavy atom. The molecule has 3 rings (SSSR count). The molecule has 28 heavy (non-hydrogen) atoms. The average molecular weight is 434 g/mol. The van der Waals surface area contributed by atoms with Gasteiger partial charge in [0.05, 0.1) is 24.0 Å². The SMILES string of the molecule is COc1ccc(Cl)cc1NC(=O)c1nc(SCc2ccccc2C)ncc1Cl. The molecule has 8 heteroatoms. The summed E-state index contributed by atoms with van der Waals surface area (Å²) in [6.07, 6.45) is 1.43. The van der Waals surface area contributed by atoms with Crippen LogP contribution in [0.1, 0.15) is 21.6 Å². The normalized spacial score (nSPS) is 10.6. The van der Waals surface area contributed by atoms with E-state index < -0.39 is 5.91 Å². The lowest BCUT2D eigenvalue weighted by Crippen LogP contribution is -2.15. The minimum atomic E-state index is -0.467. The fourth-order valence-corrected chi connectivity index (χ4v) is 3.69. The molecule has 0 fully saturated rings. The second-order valence-corrected chi connectivity index (χ2v) is 7.65.